The number of allylic oxidation sites excluding steroid dienone is 1. The SMILES string of the molecule is C/C=c1/c(-c2cccc(-c3ccccc3)c2)c2ccccc2c(-c2cccc3oc4c(c23)C=CCC4)/c1=C/C. The summed E-state index contributed by atoms with van der Waals surface area (Å²) in [6.45, 7) is 4.32. The van der Waals surface area contributed by atoms with Gasteiger partial charge in [0, 0.05) is 17.4 Å². The van der Waals surface area contributed by atoms with Crippen LogP contribution in [0.15, 0.2) is 108 Å². The van der Waals surface area contributed by atoms with Gasteiger partial charge in [-0.15, -0.1) is 0 Å². The van der Waals surface area contributed by atoms with Gasteiger partial charge in [0.05, 0.1) is 0 Å². The first kappa shape index (κ1) is 23.5. The van der Waals surface area contributed by atoms with E-state index >= 15 is 0 Å². The normalized spacial score (nSPS) is 13.9. The highest BCUT2D eigenvalue weighted by atomic mass is 16.3. The zero-order valence-corrected chi connectivity index (χ0v) is 22.4. The lowest BCUT2D eigenvalue weighted by Gasteiger charge is -2.17. The zero-order valence-electron chi connectivity index (χ0n) is 22.4. The Morgan fingerprint density at radius 1 is 0.641 bits per heavy atom. The molecular weight excluding hydrogens is 472 g/mol. The number of hydrogen-bond donors (Lipinski definition) is 0. The predicted molar refractivity (Wildman–Crippen MR) is 167 cm³/mol. The van der Waals surface area contributed by atoms with Crippen LogP contribution in [-0.4, -0.2) is 0 Å². The van der Waals surface area contributed by atoms with E-state index < -0.39 is 0 Å². The van der Waals surface area contributed by atoms with Crippen LogP contribution in [0.4, 0.5) is 0 Å². The standard InChI is InChI=1S/C38H30O/c1-3-28-29(4-2)37(33-21-13-23-35-38(33)32-20-10-11-22-34(32)39-35)31-19-9-8-18-30(31)36(28)27-17-12-16-26(24-27)25-14-6-5-7-15-25/h3-10,12-21,23-24H,11,22H2,1-2H3/b28-3+,29-4+. The van der Waals surface area contributed by atoms with Gasteiger partial charge in [-0.2, -0.15) is 0 Å². The molecular formula is C38H30O. The summed E-state index contributed by atoms with van der Waals surface area (Å²) < 4.78 is 6.37. The molecule has 1 heteroatoms. The molecule has 0 saturated carbocycles. The summed E-state index contributed by atoms with van der Waals surface area (Å²) in [5.41, 5.74) is 9.69. The van der Waals surface area contributed by atoms with E-state index in [2.05, 4.69) is 135 Å². The van der Waals surface area contributed by atoms with Crippen molar-refractivity contribution in [2.45, 2.75) is 26.7 Å². The van der Waals surface area contributed by atoms with E-state index in [1.807, 2.05) is 0 Å². The van der Waals surface area contributed by atoms with E-state index in [0.29, 0.717) is 0 Å². The first-order valence-corrected chi connectivity index (χ1v) is 13.8. The third-order valence-corrected chi connectivity index (χ3v) is 8.05. The first-order valence-electron chi connectivity index (χ1n) is 13.8. The van der Waals surface area contributed by atoms with Gasteiger partial charge in [-0.05, 0) is 87.0 Å². The van der Waals surface area contributed by atoms with Crippen LogP contribution in [0.1, 0.15) is 31.6 Å². The average Bonchev–Trinajstić information content (AvgIpc) is 3.39. The second-order valence-electron chi connectivity index (χ2n) is 10.2. The minimum absolute atomic E-state index is 0.956. The molecule has 6 aromatic rings. The summed E-state index contributed by atoms with van der Waals surface area (Å²) in [6, 6.07) is 35.0. The Bertz CT molecular complexity index is 2020. The minimum Gasteiger partial charge on any atom is -0.460 e. The molecule has 0 bridgehead atoms. The van der Waals surface area contributed by atoms with Crippen LogP contribution < -0.4 is 10.4 Å². The quantitative estimate of drug-likeness (QED) is 0.235. The molecule has 0 N–H and O–H groups in total. The Morgan fingerprint density at radius 2 is 1.31 bits per heavy atom. The van der Waals surface area contributed by atoms with Crippen molar-refractivity contribution in [2.75, 3.05) is 0 Å². The Balaban J connectivity index is 1.59. The fourth-order valence-electron chi connectivity index (χ4n) is 6.37. The molecule has 1 heterocycles. The van der Waals surface area contributed by atoms with Gasteiger partial charge < -0.3 is 4.42 Å². The molecule has 0 atom stereocenters. The van der Waals surface area contributed by atoms with Crippen LogP contribution in [0.2, 0.25) is 0 Å². The summed E-state index contributed by atoms with van der Waals surface area (Å²) in [6.07, 6.45) is 11.1. The molecule has 5 aromatic carbocycles. The topological polar surface area (TPSA) is 13.1 Å². The maximum Gasteiger partial charge on any atom is 0.135 e. The van der Waals surface area contributed by atoms with Crippen LogP contribution >= 0.6 is 0 Å². The zero-order chi connectivity index (χ0) is 26.3. The predicted octanol–water partition coefficient (Wildman–Crippen LogP) is 9.15. The van der Waals surface area contributed by atoms with Crippen LogP contribution in [0, 0.1) is 0 Å². The Hall–Kier alpha value is -4.62. The number of aryl methyl sites for hydroxylation is 1. The molecule has 0 spiro atoms. The van der Waals surface area contributed by atoms with E-state index in [1.54, 1.807) is 0 Å². The van der Waals surface area contributed by atoms with E-state index in [4.69, 9.17) is 4.42 Å². The van der Waals surface area contributed by atoms with Gasteiger partial charge >= 0.3 is 0 Å². The van der Waals surface area contributed by atoms with Gasteiger partial charge in [-0.25, -0.2) is 0 Å². The number of fused-ring (bicyclic) bond motifs is 4. The van der Waals surface area contributed by atoms with Crippen molar-refractivity contribution in [1.82, 2.24) is 0 Å². The van der Waals surface area contributed by atoms with Crippen LogP contribution in [0.25, 0.3) is 73.4 Å². The summed E-state index contributed by atoms with van der Waals surface area (Å²) in [5.74, 6) is 1.10. The largest absolute Gasteiger partial charge is 0.460 e. The summed E-state index contributed by atoms with van der Waals surface area (Å²) >= 11 is 0. The van der Waals surface area contributed by atoms with Gasteiger partial charge in [-0.1, -0.05) is 109 Å². The van der Waals surface area contributed by atoms with Crippen LogP contribution in [-0.2, 0) is 6.42 Å². The molecule has 1 aliphatic carbocycles. The maximum atomic E-state index is 6.37. The van der Waals surface area contributed by atoms with Gasteiger partial charge in [0.25, 0.3) is 0 Å². The molecule has 188 valence electrons. The van der Waals surface area contributed by atoms with Crippen molar-refractivity contribution in [2.24, 2.45) is 0 Å². The summed E-state index contributed by atoms with van der Waals surface area (Å²) in [4.78, 5) is 0. The Morgan fingerprint density at radius 3 is 2.10 bits per heavy atom. The molecule has 0 saturated heterocycles. The van der Waals surface area contributed by atoms with Crippen molar-refractivity contribution in [1.29, 1.82) is 0 Å². The third kappa shape index (κ3) is 3.77. The van der Waals surface area contributed by atoms with Crippen molar-refractivity contribution in [3.8, 4) is 33.4 Å². The lowest BCUT2D eigenvalue weighted by atomic mass is 9.85. The van der Waals surface area contributed by atoms with Crippen molar-refractivity contribution in [3.05, 3.63) is 125 Å². The average molecular weight is 503 g/mol. The number of rotatable bonds is 3. The number of furan rings is 1. The monoisotopic (exact) mass is 502 g/mol. The van der Waals surface area contributed by atoms with Crippen molar-refractivity contribution >= 4 is 40.0 Å². The Labute approximate surface area is 229 Å². The molecule has 7 rings (SSSR count). The fourth-order valence-corrected chi connectivity index (χ4v) is 6.37. The number of hydrogen-bond acceptors (Lipinski definition) is 1. The number of benzene rings is 5. The van der Waals surface area contributed by atoms with Gasteiger partial charge in [-0.3, -0.25) is 0 Å². The van der Waals surface area contributed by atoms with Gasteiger partial charge in [0.1, 0.15) is 11.3 Å². The third-order valence-electron chi connectivity index (χ3n) is 8.05. The first-order chi connectivity index (χ1) is 19.3. The van der Waals surface area contributed by atoms with Gasteiger partial charge in [0.2, 0.25) is 0 Å². The lowest BCUT2D eigenvalue weighted by Crippen LogP contribution is -2.29. The fraction of sp³-hybridized carbons (Fsp3) is 0.105. The van der Waals surface area contributed by atoms with E-state index in [9.17, 15) is 0 Å². The summed E-state index contributed by atoms with van der Waals surface area (Å²) in [7, 11) is 0. The van der Waals surface area contributed by atoms with Crippen LogP contribution in [0.5, 0.6) is 0 Å². The highest BCUT2D eigenvalue weighted by molar-refractivity contribution is 6.11. The summed E-state index contributed by atoms with van der Waals surface area (Å²) in [5, 5.41) is 6.28. The molecule has 0 fully saturated rings. The molecule has 39 heavy (non-hydrogen) atoms. The molecule has 0 aliphatic heterocycles. The molecule has 0 radical (unpaired) electrons. The highest BCUT2D eigenvalue weighted by Gasteiger charge is 2.21. The Kier molecular flexibility index (Phi) is 5.78. The molecule has 1 aromatic heterocycles. The van der Waals surface area contributed by atoms with E-state index in [-0.39, 0.29) is 0 Å². The second kappa shape index (κ2) is 9.60. The van der Waals surface area contributed by atoms with E-state index in [1.165, 1.54) is 65.5 Å². The van der Waals surface area contributed by atoms with E-state index in [0.717, 1.165) is 24.2 Å². The highest BCUT2D eigenvalue weighted by Crippen LogP contribution is 2.40. The lowest BCUT2D eigenvalue weighted by molar-refractivity contribution is 0.546. The van der Waals surface area contributed by atoms with Crippen LogP contribution in [0.3, 0.4) is 0 Å². The molecule has 1 nitrogen and oxygen atoms in total. The van der Waals surface area contributed by atoms with Crippen molar-refractivity contribution < 1.29 is 4.42 Å². The maximum absolute atomic E-state index is 6.37. The minimum atomic E-state index is 0.956. The smallest absolute Gasteiger partial charge is 0.135 e. The molecule has 0 amide bonds. The molecule has 0 unspecified atom stereocenters. The second-order valence-corrected chi connectivity index (χ2v) is 10.2. The van der Waals surface area contributed by atoms with Gasteiger partial charge in [0.15, 0.2) is 0 Å². The molecule has 1 aliphatic rings. The van der Waals surface area contributed by atoms with Crippen molar-refractivity contribution in [3.63, 3.8) is 0 Å².